The first-order chi connectivity index (χ1) is 12.7. The van der Waals surface area contributed by atoms with E-state index in [1.807, 2.05) is 30.3 Å². The van der Waals surface area contributed by atoms with Crippen LogP contribution in [0.5, 0.6) is 5.75 Å². The van der Waals surface area contributed by atoms with Gasteiger partial charge in [-0.15, -0.1) is 0 Å². The van der Waals surface area contributed by atoms with E-state index in [1.165, 1.54) is 0 Å². The van der Waals surface area contributed by atoms with Crippen LogP contribution < -0.4 is 10.1 Å². The topological polar surface area (TPSA) is 64.6 Å². The standard InChI is InChI=1S/C21H23NO4/c1-2-15-25-19-10-8-18(9-11-19)22-20(23)12-13-21(24)26-16-14-17-6-4-3-5-7-17/h2-11H,1,12-16H2,(H,22,23). The van der Waals surface area contributed by atoms with E-state index in [2.05, 4.69) is 11.9 Å². The van der Waals surface area contributed by atoms with Crippen LogP contribution >= 0.6 is 0 Å². The molecule has 0 unspecified atom stereocenters. The number of nitrogens with one attached hydrogen (secondary N) is 1. The number of benzene rings is 2. The van der Waals surface area contributed by atoms with Gasteiger partial charge in [-0.3, -0.25) is 9.59 Å². The van der Waals surface area contributed by atoms with Crippen LogP contribution in [0.1, 0.15) is 18.4 Å². The zero-order valence-electron chi connectivity index (χ0n) is 14.6. The third-order valence-corrected chi connectivity index (χ3v) is 3.56. The Bertz CT molecular complexity index is 711. The molecule has 1 amide bonds. The van der Waals surface area contributed by atoms with Crippen LogP contribution in [-0.2, 0) is 20.7 Å². The summed E-state index contributed by atoms with van der Waals surface area (Å²) in [6, 6.07) is 16.8. The van der Waals surface area contributed by atoms with Gasteiger partial charge in [0.15, 0.2) is 0 Å². The number of esters is 1. The minimum Gasteiger partial charge on any atom is -0.490 e. The number of hydrogen-bond donors (Lipinski definition) is 1. The number of hydrogen-bond acceptors (Lipinski definition) is 4. The summed E-state index contributed by atoms with van der Waals surface area (Å²) in [7, 11) is 0. The second-order valence-electron chi connectivity index (χ2n) is 5.63. The van der Waals surface area contributed by atoms with Crippen molar-refractivity contribution in [3.8, 4) is 5.75 Å². The van der Waals surface area contributed by atoms with Crippen LogP contribution in [0.15, 0.2) is 67.3 Å². The van der Waals surface area contributed by atoms with Gasteiger partial charge in [0.2, 0.25) is 5.91 Å². The smallest absolute Gasteiger partial charge is 0.306 e. The Hall–Kier alpha value is -3.08. The average molecular weight is 353 g/mol. The monoisotopic (exact) mass is 353 g/mol. The van der Waals surface area contributed by atoms with Crippen LogP contribution in [0.25, 0.3) is 0 Å². The molecule has 1 N–H and O–H groups in total. The van der Waals surface area contributed by atoms with E-state index in [1.54, 1.807) is 30.3 Å². The first-order valence-electron chi connectivity index (χ1n) is 8.50. The fraction of sp³-hybridized carbons (Fsp3) is 0.238. The molecule has 0 fully saturated rings. The molecule has 5 heteroatoms. The van der Waals surface area contributed by atoms with Gasteiger partial charge in [-0.05, 0) is 29.8 Å². The SMILES string of the molecule is C=CCOc1ccc(NC(=O)CCC(=O)OCCc2ccccc2)cc1. The van der Waals surface area contributed by atoms with Gasteiger partial charge >= 0.3 is 5.97 Å². The molecule has 0 radical (unpaired) electrons. The second kappa shape index (κ2) is 10.7. The lowest BCUT2D eigenvalue weighted by molar-refractivity contribution is -0.144. The van der Waals surface area contributed by atoms with Gasteiger partial charge in [-0.25, -0.2) is 0 Å². The zero-order valence-corrected chi connectivity index (χ0v) is 14.6. The van der Waals surface area contributed by atoms with E-state index >= 15 is 0 Å². The lowest BCUT2D eigenvalue weighted by Gasteiger charge is -2.08. The van der Waals surface area contributed by atoms with Crippen molar-refractivity contribution in [2.45, 2.75) is 19.3 Å². The molecule has 0 saturated heterocycles. The molecule has 0 aliphatic rings. The molecule has 0 saturated carbocycles. The van der Waals surface area contributed by atoms with Gasteiger partial charge in [0.25, 0.3) is 0 Å². The van der Waals surface area contributed by atoms with Crippen molar-refractivity contribution in [1.29, 1.82) is 0 Å². The molecule has 136 valence electrons. The van der Waals surface area contributed by atoms with Crippen molar-refractivity contribution in [1.82, 2.24) is 0 Å². The van der Waals surface area contributed by atoms with Crippen molar-refractivity contribution >= 4 is 17.6 Å². The van der Waals surface area contributed by atoms with E-state index in [9.17, 15) is 9.59 Å². The Morgan fingerprint density at radius 3 is 2.42 bits per heavy atom. The molecule has 2 rings (SSSR count). The van der Waals surface area contributed by atoms with Crippen LogP contribution in [0.2, 0.25) is 0 Å². The lowest BCUT2D eigenvalue weighted by atomic mass is 10.2. The van der Waals surface area contributed by atoms with Crippen LogP contribution in [-0.4, -0.2) is 25.1 Å². The predicted octanol–water partition coefficient (Wildman–Crippen LogP) is 3.76. The predicted molar refractivity (Wildman–Crippen MR) is 101 cm³/mol. The summed E-state index contributed by atoms with van der Waals surface area (Å²) in [5.74, 6) is 0.0962. The summed E-state index contributed by atoms with van der Waals surface area (Å²) >= 11 is 0. The van der Waals surface area contributed by atoms with Gasteiger partial charge in [-0.2, -0.15) is 0 Å². The van der Waals surface area contributed by atoms with Crippen molar-refractivity contribution < 1.29 is 19.1 Å². The number of amides is 1. The first kappa shape index (κ1) is 19.2. The first-order valence-corrected chi connectivity index (χ1v) is 8.50. The molecule has 0 aliphatic carbocycles. The number of rotatable bonds is 10. The van der Waals surface area contributed by atoms with Gasteiger partial charge < -0.3 is 14.8 Å². The quantitative estimate of drug-likeness (QED) is 0.522. The normalized spacial score (nSPS) is 10.0. The summed E-state index contributed by atoms with van der Waals surface area (Å²) in [6.45, 7) is 4.33. The number of anilines is 1. The Morgan fingerprint density at radius 1 is 1.00 bits per heavy atom. The lowest BCUT2D eigenvalue weighted by Crippen LogP contribution is -2.15. The minimum absolute atomic E-state index is 0.0567. The molecule has 26 heavy (non-hydrogen) atoms. The fourth-order valence-electron chi connectivity index (χ4n) is 2.23. The molecule has 0 aromatic heterocycles. The van der Waals surface area contributed by atoms with Crippen LogP contribution in [0, 0.1) is 0 Å². The highest BCUT2D eigenvalue weighted by molar-refractivity contribution is 5.92. The van der Waals surface area contributed by atoms with E-state index in [4.69, 9.17) is 9.47 Å². The molecule has 0 atom stereocenters. The zero-order chi connectivity index (χ0) is 18.6. The van der Waals surface area contributed by atoms with Crippen molar-refractivity contribution in [2.75, 3.05) is 18.5 Å². The van der Waals surface area contributed by atoms with Gasteiger partial charge in [-0.1, -0.05) is 43.0 Å². The molecule has 0 heterocycles. The highest BCUT2D eigenvalue weighted by atomic mass is 16.5. The largest absolute Gasteiger partial charge is 0.490 e. The molecule has 2 aromatic carbocycles. The number of carbonyl (C=O) groups is 2. The highest BCUT2D eigenvalue weighted by Gasteiger charge is 2.08. The number of carbonyl (C=O) groups excluding carboxylic acids is 2. The number of ether oxygens (including phenoxy) is 2. The summed E-state index contributed by atoms with van der Waals surface area (Å²) in [5, 5.41) is 2.74. The van der Waals surface area contributed by atoms with Gasteiger partial charge in [0.1, 0.15) is 12.4 Å². The highest BCUT2D eigenvalue weighted by Crippen LogP contribution is 2.16. The average Bonchev–Trinajstić information content (AvgIpc) is 2.67. The Morgan fingerprint density at radius 2 is 1.73 bits per heavy atom. The van der Waals surface area contributed by atoms with Gasteiger partial charge in [0.05, 0.1) is 13.0 Å². The third kappa shape index (κ3) is 7.21. The molecule has 0 aliphatic heterocycles. The second-order valence-corrected chi connectivity index (χ2v) is 5.63. The van der Waals surface area contributed by atoms with E-state index in [0.29, 0.717) is 31.1 Å². The fourth-order valence-corrected chi connectivity index (χ4v) is 2.23. The maximum atomic E-state index is 11.9. The molecule has 2 aromatic rings. The van der Waals surface area contributed by atoms with E-state index in [-0.39, 0.29) is 24.7 Å². The van der Waals surface area contributed by atoms with Crippen molar-refractivity contribution in [3.63, 3.8) is 0 Å². The maximum Gasteiger partial charge on any atom is 0.306 e. The summed E-state index contributed by atoms with van der Waals surface area (Å²) < 4.78 is 10.5. The summed E-state index contributed by atoms with van der Waals surface area (Å²) in [6.07, 6.45) is 2.47. The van der Waals surface area contributed by atoms with Crippen LogP contribution in [0.3, 0.4) is 0 Å². The Labute approximate surface area is 153 Å². The summed E-state index contributed by atoms with van der Waals surface area (Å²) in [5.41, 5.74) is 1.76. The van der Waals surface area contributed by atoms with Crippen molar-refractivity contribution in [3.05, 3.63) is 72.8 Å². The van der Waals surface area contributed by atoms with Gasteiger partial charge in [0, 0.05) is 18.5 Å². The maximum absolute atomic E-state index is 11.9. The third-order valence-electron chi connectivity index (χ3n) is 3.56. The summed E-state index contributed by atoms with van der Waals surface area (Å²) in [4.78, 5) is 23.6. The molecular weight excluding hydrogens is 330 g/mol. The molecule has 0 spiro atoms. The Balaban J connectivity index is 1.64. The Kier molecular flexibility index (Phi) is 7.93. The van der Waals surface area contributed by atoms with E-state index in [0.717, 1.165) is 5.56 Å². The molecule has 0 bridgehead atoms. The van der Waals surface area contributed by atoms with Crippen molar-refractivity contribution in [2.24, 2.45) is 0 Å². The molecule has 5 nitrogen and oxygen atoms in total. The van der Waals surface area contributed by atoms with E-state index < -0.39 is 0 Å². The molecular formula is C21H23NO4. The van der Waals surface area contributed by atoms with Crippen LogP contribution in [0.4, 0.5) is 5.69 Å². The minimum atomic E-state index is -0.371.